The van der Waals surface area contributed by atoms with Gasteiger partial charge in [0, 0.05) is 73.5 Å². The van der Waals surface area contributed by atoms with Crippen LogP contribution in [0, 0.1) is 22.5 Å². The van der Waals surface area contributed by atoms with Crippen LogP contribution >= 0.6 is 0 Å². The van der Waals surface area contributed by atoms with Crippen LogP contribution in [0.25, 0.3) is 22.4 Å². The third kappa shape index (κ3) is 13.1. The van der Waals surface area contributed by atoms with E-state index >= 15 is 8.78 Å². The van der Waals surface area contributed by atoms with E-state index in [4.69, 9.17) is 4.74 Å². The fraction of sp³-hybridized carbons (Fsp3) is 0.531. The van der Waals surface area contributed by atoms with Gasteiger partial charge >= 0.3 is 24.9 Å². The van der Waals surface area contributed by atoms with Gasteiger partial charge in [-0.15, -0.1) is 0 Å². The summed E-state index contributed by atoms with van der Waals surface area (Å²) in [5, 5.41) is 28.9. The molecule has 75 heavy (non-hydrogen) atoms. The lowest BCUT2D eigenvalue weighted by Crippen LogP contribution is -2.63. The van der Waals surface area contributed by atoms with E-state index in [0.29, 0.717) is 59.2 Å². The maximum atomic E-state index is 16.0. The number of hydrogen-bond donors (Lipinski definition) is 6. The number of aliphatic hydroxyl groups excluding tert-OH is 1. The highest BCUT2D eigenvalue weighted by Crippen LogP contribution is 2.41. The molecule has 4 amide bonds. The number of nitrogens with one attached hydrogen (secondary N) is 4. The van der Waals surface area contributed by atoms with Crippen LogP contribution in [0.15, 0.2) is 61.3 Å². The number of methoxy groups -OCH3 is 1. The molecule has 7 rings (SSSR count). The highest BCUT2D eigenvalue weighted by Gasteiger charge is 2.56. The number of aromatic nitrogens is 4. The molecule has 0 saturated carbocycles. The Morgan fingerprint density at radius 3 is 1.96 bits per heavy atom. The van der Waals surface area contributed by atoms with Gasteiger partial charge in [-0.3, -0.25) is 24.5 Å². The molecule has 0 spiro atoms. The molecule has 19 nitrogen and oxygen atoms in total. The molecule has 6 N–H and O–H groups in total. The lowest BCUT2D eigenvalue weighted by Gasteiger charge is -2.47. The van der Waals surface area contributed by atoms with E-state index in [-0.39, 0.29) is 17.7 Å². The normalized spacial score (nSPS) is 19.0. The minimum absolute atomic E-state index is 0.217. The average Bonchev–Trinajstić information content (AvgIpc) is 3.91. The monoisotopic (exact) mass is 1060 g/mol. The molecular weight excluding hydrogens is 1000 g/mol. The number of rotatable bonds is 19. The van der Waals surface area contributed by atoms with Crippen molar-refractivity contribution in [3.63, 3.8) is 0 Å². The Kier molecular flexibility index (Phi) is 17.0. The highest BCUT2D eigenvalue weighted by atomic mass is 19.4. The van der Waals surface area contributed by atoms with Gasteiger partial charge in [0.1, 0.15) is 23.7 Å². The van der Waals surface area contributed by atoms with Crippen molar-refractivity contribution in [3.05, 3.63) is 84.1 Å². The molecule has 3 aliphatic heterocycles. The number of nitrogens with zero attached hydrogens (tertiary/aromatic N) is 7. The summed E-state index contributed by atoms with van der Waals surface area (Å²) in [6.07, 6.45) is -3.24. The number of fused-ring (bicyclic) bond motifs is 2. The molecule has 2 aromatic heterocycles. The quantitative estimate of drug-likeness (QED) is 0.0493. The van der Waals surface area contributed by atoms with E-state index in [1.165, 1.54) is 20.8 Å². The molecule has 0 radical (unpaired) electrons. The van der Waals surface area contributed by atoms with Crippen LogP contribution in [-0.2, 0) is 32.0 Å². The summed E-state index contributed by atoms with van der Waals surface area (Å²) in [6, 6.07) is 3.89. The van der Waals surface area contributed by atoms with Crippen molar-refractivity contribution in [2.24, 2.45) is 10.8 Å². The van der Waals surface area contributed by atoms with Crippen molar-refractivity contribution in [3.8, 4) is 22.4 Å². The van der Waals surface area contributed by atoms with Gasteiger partial charge in [-0.2, -0.15) is 22.0 Å². The second-order valence-corrected chi connectivity index (χ2v) is 20.6. The minimum atomic E-state index is -5.09. The Morgan fingerprint density at radius 1 is 0.840 bits per heavy atom. The van der Waals surface area contributed by atoms with E-state index in [1.54, 1.807) is 36.7 Å². The molecule has 2 bridgehead atoms. The number of imidazole rings is 1. The minimum Gasteiger partial charge on any atom is -0.465 e. The van der Waals surface area contributed by atoms with Crippen molar-refractivity contribution in [1.29, 1.82) is 0 Å². The number of benzene rings is 2. The van der Waals surface area contributed by atoms with Crippen molar-refractivity contribution in [1.82, 2.24) is 50.8 Å². The largest absolute Gasteiger partial charge is 0.465 e. The van der Waals surface area contributed by atoms with Gasteiger partial charge in [0.2, 0.25) is 11.9 Å². The topological polar surface area (TPSA) is 229 Å². The standard InChI is InChI=1S/C49H60F7N11O8/c1-47(2,3)39(61-45(71)72)42(70)63-66(20-33-34(50)14-28(15-35(33)51)37-21-65(25-59-37)43(52)53)22-38(68)36(60-41(69)40(62-46(73)74-6)48(4,5)49(54,55)56)13-26-7-9-27(10-8-26)29-16-57-44(58-17-29)64-18-30-11-12-31(19-64)67(30)32-23-75-24-32/h7-10,14-17,21,25,30-32,36,38-40,43,61,68H,11-13,18-20,22-24H2,1-6H3,(H,60,69)(H,62,73)(H,63,70)(H,71,72)/t30?,31?,36-,38-,39+,40+/m0/s1. The predicted octanol–water partition coefficient (Wildman–Crippen LogP) is 5.65. The Balaban J connectivity index is 1.17. The van der Waals surface area contributed by atoms with Crippen LogP contribution in [-0.4, -0.2) is 152 Å². The van der Waals surface area contributed by atoms with Crippen molar-refractivity contribution in [2.45, 2.75) is 116 Å². The number of piperazine rings is 1. The van der Waals surface area contributed by atoms with Crippen LogP contribution < -0.4 is 26.3 Å². The molecule has 3 fully saturated rings. The fourth-order valence-corrected chi connectivity index (χ4v) is 9.48. The number of ether oxygens (including phenoxy) is 2. The third-order valence-corrected chi connectivity index (χ3v) is 13.9. The number of halogens is 7. The summed E-state index contributed by atoms with van der Waals surface area (Å²) < 4.78 is 113. The summed E-state index contributed by atoms with van der Waals surface area (Å²) >= 11 is 0. The van der Waals surface area contributed by atoms with Crippen molar-refractivity contribution < 1.29 is 69.6 Å². The lowest BCUT2D eigenvalue weighted by molar-refractivity contribution is -0.220. The van der Waals surface area contributed by atoms with E-state index in [9.17, 15) is 51.3 Å². The lowest BCUT2D eigenvalue weighted by atomic mass is 9.82. The van der Waals surface area contributed by atoms with Crippen LogP contribution in [0.4, 0.5) is 46.3 Å². The molecule has 3 aliphatic rings. The average molecular weight is 1060 g/mol. The maximum Gasteiger partial charge on any atom is 0.407 e. The van der Waals surface area contributed by atoms with E-state index in [0.717, 1.165) is 75.9 Å². The molecule has 0 aliphatic carbocycles. The number of anilines is 1. The van der Waals surface area contributed by atoms with E-state index in [1.807, 2.05) is 5.32 Å². The Hall–Kier alpha value is -6.64. The summed E-state index contributed by atoms with van der Waals surface area (Å²) in [6.45, 7) is 4.14. The first-order valence-electron chi connectivity index (χ1n) is 24.0. The van der Waals surface area contributed by atoms with Gasteiger partial charge in [0.25, 0.3) is 5.91 Å². The zero-order chi connectivity index (χ0) is 54.7. The zero-order valence-corrected chi connectivity index (χ0v) is 41.9. The van der Waals surface area contributed by atoms with Gasteiger partial charge in [-0.25, -0.2) is 38.3 Å². The molecule has 4 aromatic rings. The molecule has 2 unspecified atom stereocenters. The third-order valence-electron chi connectivity index (χ3n) is 13.9. The van der Waals surface area contributed by atoms with Gasteiger partial charge < -0.3 is 40.5 Å². The zero-order valence-electron chi connectivity index (χ0n) is 41.9. The summed E-state index contributed by atoms with van der Waals surface area (Å²) in [4.78, 5) is 70.1. The number of hydrazine groups is 1. The smallest absolute Gasteiger partial charge is 0.407 e. The highest BCUT2D eigenvalue weighted by molar-refractivity contribution is 5.87. The number of carbonyl (C=O) groups excluding carboxylic acids is 3. The van der Waals surface area contributed by atoms with Gasteiger partial charge in [0.05, 0.1) is 55.9 Å². The van der Waals surface area contributed by atoms with Crippen LogP contribution in [0.2, 0.25) is 0 Å². The van der Waals surface area contributed by atoms with Crippen molar-refractivity contribution in [2.75, 3.05) is 44.9 Å². The number of aliphatic hydroxyl groups is 1. The van der Waals surface area contributed by atoms with Gasteiger partial charge in [-0.05, 0) is 61.8 Å². The second-order valence-electron chi connectivity index (χ2n) is 20.6. The Bertz CT molecular complexity index is 2630. The first kappa shape index (κ1) is 56.1. The molecule has 2 aromatic carbocycles. The van der Waals surface area contributed by atoms with Crippen LogP contribution in [0.3, 0.4) is 0 Å². The van der Waals surface area contributed by atoms with E-state index in [2.05, 4.69) is 45.5 Å². The number of hydrogen-bond acceptors (Lipinski definition) is 13. The predicted molar refractivity (Wildman–Crippen MR) is 256 cm³/mol. The maximum absolute atomic E-state index is 16.0. The van der Waals surface area contributed by atoms with Gasteiger partial charge in [0.15, 0.2) is 0 Å². The van der Waals surface area contributed by atoms with Crippen LogP contribution in [0.5, 0.6) is 0 Å². The Morgan fingerprint density at radius 2 is 1.45 bits per heavy atom. The fourth-order valence-electron chi connectivity index (χ4n) is 9.48. The first-order chi connectivity index (χ1) is 35.2. The molecule has 3 saturated heterocycles. The SMILES string of the molecule is COC(=O)N[C@H](C(=O)N[C@@H](Cc1ccc(-c2cnc(N3CC4CCC(C3)N4C3COC3)nc2)cc1)[C@@H](O)CN(Cc1c(F)cc(-c2cn(C(F)F)cn2)cc1F)NC(=O)[C@@H](NC(=O)O)C(C)(C)C)C(C)(C)C(F)(F)F. The van der Waals surface area contributed by atoms with E-state index < -0.39 is 102 Å². The molecular formula is C49H60F7N11O8. The Labute approximate surface area is 427 Å². The number of alkyl carbamates (subject to hydrolysis) is 1. The first-order valence-corrected chi connectivity index (χ1v) is 24.0. The van der Waals surface area contributed by atoms with Crippen molar-refractivity contribution >= 4 is 29.9 Å². The number of carbonyl (C=O) groups is 4. The molecule has 5 heterocycles. The summed E-state index contributed by atoms with van der Waals surface area (Å²) in [5.41, 5.74) is -1.19. The molecule has 408 valence electrons. The number of carboxylic acid groups (broad SMARTS) is 1. The summed E-state index contributed by atoms with van der Waals surface area (Å²) in [5.74, 6) is -4.44. The van der Waals surface area contributed by atoms with Crippen LogP contribution in [0.1, 0.15) is 65.1 Å². The van der Waals surface area contributed by atoms with Gasteiger partial charge in [-0.1, -0.05) is 45.0 Å². The number of alkyl halides is 5. The molecule has 6 atom stereocenters. The second kappa shape index (κ2) is 22.7. The number of amides is 4. The molecule has 26 heteroatoms. The summed E-state index contributed by atoms with van der Waals surface area (Å²) in [7, 11) is 0.873.